The van der Waals surface area contributed by atoms with Crippen molar-refractivity contribution in [2.45, 2.75) is 0 Å². The molecule has 0 N–H and O–H groups in total. The minimum atomic E-state index is -1.10. The van der Waals surface area contributed by atoms with Crippen LogP contribution in [0.3, 0.4) is 0 Å². The van der Waals surface area contributed by atoms with E-state index in [9.17, 15) is 17.8 Å². The molecule has 1 heteroatoms. The summed E-state index contributed by atoms with van der Waals surface area (Å²) in [7, 11) is 0. The first-order valence-electron chi connectivity index (χ1n) is 30.2. The van der Waals surface area contributed by atoms with Crippen LogP contribution in [0.5, 0.6) is 0 Å². The molecule has 0 spiro atoms. The molecule has 10 aromatic carbocycles. The maximum atomic E-state index is 10.2. The molecule has 1 heterocycles. The number of benzene rings is 10. The van der Waals surface area contributed by atoms with Crippen LogP contribution in [0.15, 0.2) is 186 Å². The van der Waals surface area contributed by atoms with Crippen molar-refractivity contribution in [3.63, 3.8) is 0 Å². The van der Waals surface area contributed by atoms with E-state index in [0.717, 1.165) is 0 Å². The van der Waals surface area contributed by atoms with Gasteiger partial charge in [0.15, 0.2) is 0 Å². The van der Waals surface area contributed by atoms with E-state index in [2.05, 4.69) is 0 Å². The fourth-order valence-electron chi connectivity index (χ4n) is 6.45. The highest BCUT2D eigenvalue weighted by molar-refractivity contribution is 6.25. The average molecular weight is 677 g/mol. The fourth-order valence-corrected chi connectivity index (χ4v) is 6.45. The molecule has 11 aromatic rings. The van der Waals surface area contributed by atoms with Crippen molar-refractivity contribution in [1.82, 2.24) is 0 Å². The number of fused-ring (bicyclic) bond motifs is 8. The van der Waals surface area contributed by atoms with E-state index in [1.165, 1.54) is 0 Å². The summed E-state index contributed by atoms with van der Waals surface area (Å²) < 4.78 is 280. The number of furan rings is 1. The molecular formula is C50H30O. The zero-order valence-corrected chi connectivity index (χ0v) is 25.4. The van der Waals surface area contributed by atoms with Gasteiger partial charge in [0, 0.05) is 10.8 Å². The fraction of sp³-hybridized carbons (Fsp3) is 0. The van der Waals surface area contributed by atoms with Crippen LogP contribution in [-0.4, -0.2) is 0 Å². The molecule has 236 valence electrons. The third-order valence-corrected chi connectivity index (χ3v) is 8.57. The first-order valence-corrected chi connectivity index (χ1v) is 15.2. The number of hydrogen-bond donors (Lipinski definition) is 0. The maximum absolute atomic E-state index is 10.2. The Balaban J connectivity index is 1.45. The minimum absolute atomic E-state index is 0.488. The van der Waals surface area contributed by atoms with Crippen LogP contribution in [0.4, 0.5) is 0 Å². The number of rotatable bonds is 3. The van der Waals surface area contributed by atoms with Gasteiger partial charge in [0.2, 0.25) is 0 Å². The molecule has 0 fully saturated rings. The predicted octanol–water partition coefficient (Wildman–Crippen LogP) is 14.4. The van der Waals surface area contributed by atoms with Gasteiger partial charge >= 0.3 is 0 Å². The second-order valence-corrected chi connectivity index (χ2v) is 11.3. The van der Waals surface area contributed by atoms with Gasteiger partial charge in [-0.25, -0.2) is 0 Å². The van der Waals surface area contributed by atoms with Crippen molar-refractivity contribution in [3.05, 3.63) is 181 Å². The van der Waals surface area contributed by atoms with Crippen molar-refractivity contribution in [1.29, 1.82) is 0 Å². The van der Waals surface area contributed by atoms with Gasteiger partial charge in [0.1, 0.15) is 11.2 Å². The van der Waals surface area contributed by atoms with E-state index in [-0.39, 0.29) is 0 Å². The van der Waals surface area contributed by atoms with Crippen LogP contribution < -0.4 is 0 Å². The zero-order chi connectivity index (χ0) is 59.6. The molecule has 0 aliphatic carbocycles. The van der Waals surface area contributed by atoms with Crippen LogP contribution >= 0.6 is 0 Å². The summed E-state index contributed by atoms with van der Waals surface area (Å²) in [6.45, 7) is 0. The Morgan fingerprint density at radius 1 is 0.314 bits per heavy atom. The third-order valence-electron chi connectivity index (χ3n) is 8.57. The van der Waals surface area contributed by atoms with Crippen LogP contribution in [-0.2, 0) is 0 Å². The lowest BCUT2D eigenvalue weighted by Crippen LogP contribution is -1.92. The second kappa shape index (κ2) is 10.9. The molecule has 51 heavy (non-hydrogen) atoms. The third kappa shape index (κ3) is 4.22. The first kappa shape index (κ1) is 11.7. The summed E-state index contributed by atoms with van der Waals surface area (Å²) in [5, 5.41) is -8.25. The molecule has 11 rings (SSSR count). The summed E-state index contributed by atoms with van der Waals surface area (Å²) in [5.74, 6) is 0. The van der Waals surface area contributed by atoms with Gasteiger partial charge in [0.25, 0.3) is 0 Å². The van der Waals surface area contributed by atoms with Crippen LogP contribution in [0, 0.1) is 0 Å². The van der Waals surface area contributed by atoms with Crippen molar-refractivity contribution in [2.24, 2.45) is 0 Å². The molecule has 0 bridgehead atoms. The molecule has 0 radical (unpaired) electrons. The van der Waals surface area contributed by atoms with Gasteiger partial charge in [-0.3, -0.25) is 0 Å². The highest BCUT2D eigenvalue weighted by Gasteiger charge is 2.20. The van der Waals surface area contributed by atoms with Crippen molar-refractivity contribution in [2.75, 3.05) is 0 Å². The highest BCUT2D eigenvalue weighted by Crippen LogP contribution is 2.47. The van der Waals surface area contributed by atoms with Crippen molar-refractivity contribution >= 4 is 75.8 Å². The zero-order valence-electron chi connectivity index (χ0n) is 55.4. The average Bonchev–Trinajstić information content (AvgIpc) is 4.06. The molecular weight excluding hydrogens is 617 g/mol. The summed E-state index contributed by atoms with van der Waals surface area (Å²) >= 11 is 0. The largest absolute Gasteiger partial charge is 0.456 e. The Morgan fingerprint density at radius 3 is 1.47 bits per heavy atom. The molecule has 0 saturated heterocycles. The van der Waals surface area contributed by atoms with E-state index < -0.39 is 290 Å². The van der Waals surface area contributed by atoms with Gasteiger partial charge in [-0.15, -0.1) is 0 Å². The van der Waals surface area contributed by atoms with E-state index in [0.29, 0.717) is 0 Å². The lowest BCUT2D eigenvalue weighted by atomic mass is 9.83. The van der Waals surface area contributed by atoms with Gasteiger partial charge in [-0.05, 0) is 111 Å². The highest BCUT2D eigenvalue weighted by atomic mass is 16.3. The quantitative estimate of drug-likeness (QED) is 0.170. The Bertz CT molecular complexity index is 4840. The van der Waals surface area contributed by atoms with Gasteiger partial charge in [-0.2, -0.15) is 0 Å². The topological polar surface area (TPSA) is 13.1 Å². The molecule has 1 nitrogen and oxygen atoms in total. The first-order chi connectivity index (χ1) is 37.8. The molecule has 0 atom stereocenters. The Hall–Kier alpha value is -6.70. The Labute approximate surface area is 336 Å². The number of hydrogen-bond acceptors (Lipinski definition) is 1. The Kier molecular flexibility index (Phi) is 2.50. The normalized spacial score (nSPS) is 20.2. The SMILES string of the molecule is [2H]c1c([2H])c(-c2c([2H])c([2H])c3c([2H])c([2H])c([2H])c(-c4c5c([2H])c([2H])c([2H])c([2H])c5c(-c5c([2H])c([2H])c([2H])c6c([2H])c([2H])c([2H])c([2H])c56)c5c([2H])c([2H])c([2H])c([2H])c45)c3c2[2H])c2c(oc3c([2H])c4c([2H])c([2H])c([2H])c([2H])c4c([2H])c32)c1[2H]. The smallest absolute Gasteiger partial charge is 0.136 e. The summed E-state index contributed by atoms with van der Waals surface area (Å²) in [4.78, 5) is 0. The Morgan fingerprint density at radius 2 is 0.804 bits per heavy atom. The van der Waals surface area contributed by atoms with E-state index in [1.807, 2.05) is 0 Å². The van der Waals surface area contributed by atoms with E-state index >= 15 is 0 Å². The van der Waals surface area contributed by atoms with Gasteiger partial charge < -0.3 is 4.42 Å². The summed E-state index contributed by atoms with van der Waals surface area (Å²) in [6, 6.07) is -28.6. The predicted molar refractivity (Wildman–Crippen MR) is 218 cm³/mol. The second-order valence-electron chi connectivity index (χ2n) is 11.3. The maximum Gasteiger partial charge on any atom is 0.136 e. The molecule has 1 aromatic heterocycles. The molecule has 0 aliphatic heterocycles. The molecule has 0 amide bonds. The lowest BCUT2D eigenvalue weighted by Gasteiger charge is -2.20. The summed E-state index contributed by atoms with van der Waals surface area (Å²) in [5.41, 5.74) is -6.06. The van der Waals surface area contributed by atoms with Gasteiger partial charge in [0.05, 0.1) is 41.1 Å². The minimum Gasteiger partial charge on any atom is -0.456 e. The van der Waals surface area contributed by atoms with E-state index in [4.69, 9.17) is 27.7 Å². The van der Waals surface area contributed by atoms with Crippen LogP contribution in [0.2, 0.25) is 0 Å². The van der Waals surface area contributed by atoms with Gasteiger partial charge in [-0.1, -0.05) is 157 Å². The van der Waals surface area contributed by atoms with E-state index in [1.54, 1.807) is 0 Å². The van der Waals surface area contributed by atoms with Crippen molar-refractivity contribution < 1.29 is 45.5 Å². The molecule has 0 aliphatic rings. The van der Waals surface area contributed by atoms with Crippen molar-refractivity contribution in [3.8, 4) is 33.4 Å². The monoisotopic (exact) mass is 676 g/mol. The lowest BCUT2D eigenvalue weighted by molar-refractivity contribution is 0.669. The standard InChI is InChI=1S/C50H30O/c1-2-14-34-30-47-45(28-33(34)13-1)50-37(22-11-25-46(50)51-47)35-27-26-32-16-10-24-43(44(32)29-35)49-41-20-7-5-18-39(41)48(40-19-6-8-21-42(40)49)38-23-9-15-31-12-3-4-17-36(31)38/h1-30H/i1D,2D,3D,4D,5D,6D,7D,8D,9D,10D,11D,12D,13D,14D,15D,16D,17D,18D,19D,20D,21D,22D,23D,24D,25D,26D,27D,28D,29D,30D. The molecule has 0 saturated carbocycles. The molecule has 0 unspecified atom stereocenters. The van der Waals surface area contributed by atoms with Crippen LogP contribution in [0.25, 0.3) is 109 Å². The summed E-state index contributed by atoms with van der Waals surface area (Å²) in [6.07, 6.45) is 0. The van der Waals surface area contributed by atoms with Crippen LogP contribution in [0.1, 0.15) is 41.1 Å².